The zero-order valence-electron chi connectivity index (χ0n) is 5.95. The van der Waals surface area contributed by atoms with Crippen LogP contribution < -0.4 is 0 Å². The normalized spacial score (nSPS) is 10.7. The highest BCUT2D eigenvalue weighted by atomic mass is 127. The quantitative estimate of drug-likeness (QED) is 0.673. The van der Waals surface area contributed by atoms with E-state index in [-0.39, 0.29) is 0 Å². The molecule has 2 rings (SSSR count). The fraction of sp³-hybridized carbons (Fsp3) is 0.143. The van der Waals surface area contributed by atoms with Crippen molar-refractivity contribution in [2.24, 2.45) is 0 Å². The standard InChI is InChI=1S/C7H6IN3/c1-5-4-11-7(10-5)2-6(8)3-9-11/h2-4H,1H3. The first kappa shape index (κ1) is 7.02. The third-order valence-electron chi connectivity index (χ3n) is 1.41. The highest BCUT2D eigenvalue weighted by molar-refractivity contribution is 14.1. The molecule has 0 fully saturated rings. The van der Waals surface area contributed by atoms with Gasteiger partial charge in [0.25, 0.3) is 0 Å². The van der Waals surface area contributed by atoms with Crippen molar-refractivity contribution in [2.75, 3.05) is 0 Å². The van der Waals surface area contributed by atoms with Crippen molar-refractivity contribution in [3.8, 4) is 0 Å². The highest BCUT2D eigenvalue weighted by Crippen LogP contribution is 2.06. The lowest BCUT2D eigenvalue weighted by molar-refractivity contribution is 0.929. The summed E-state index contributed by atoms with van der Waals surface area (Å²) >= 11 is 2.22. The van der Waals surface area contributed by atoms with Gasteiger partial charge in [-0.2, -0.15) is 5.10 Å². The number of fused-ring (bicyclic) bond motifs is 1. The Bertz CT molecular complexity index is 393. The molecule has 2 aromatic heterocycles. The van der Waals surface area contributed by atoms with Crippen LogP contribution in [0, 0.1) is 10.5 Å². The van der Waals surface area contributed by atoms with E-state index >= 15 is 0 Å². The summed E-state index contributed by atoms with van der Waals surface area (Å²) in [5.74, 6) is 0. The Morgan fingerprint density at radius 2 is 2.36 bits per heavy atom. The van der Waals surface area contributed by atoms with Gasteiger partial charge in [-0.1, -0.05) is 0 Å². The average molecular weight is 259 g/mol. The molecule has 3 nitrogen and oxygen atoms in total. The van der Waals surface area contributed by atoms with E-state index in [1.807, 2.05) is 25.4 Å². The van der Waals surface area contributed by atoms with Crippen LogP contribution >= 0.6 is 22.6 Å². The molecule has 2 aromatic rings. The van der Waals surface area contributed by atoms with Crippen LogP contribution in [0.2, 0.25) is 0 Å². The fourth-order valence-electron chi connectivity index (χ4n) is 0.973. The summed E-state index contributed by atoms with van der Waals surface area (Å²) in [7, 11) is 0. The van der Waals surface area contributed by atoms with E-state index in [4.69, 9.17) is 0 Å². The van der Waals surface area contributed by atoms with Crippen LogP contribution in [0.5, 0.6) is 0 Å². The molecule has 0 aliphatic heterocycles. The molecular formula is C7H6IN3. The van der Waals surface area contributed by atoms with Crippen LogP contribution in [-0.4, -0.2) is 14.6 Å². The monoisotopic (exact) mass is 259 g/mol. The predicted octanol–water partition coefficient (Wildman–Crippen LogP) is 1.64. The molecule has 0 aromatic carbocycles. The first-order chi connectivity index (χ1) is 5.25. The van der Waals surface area contributed by atoms with Crippen LogP contribution in [0.15, 0.2) is 18.5 Å². The summed E-state index contributed by atoms with van der Waals surface area (Å²) in [4.78, 5) is 4.27. The molecule has 11 heavy (non-hydrogen) atoms. The summed E-state index contributed by atoms with van der Waals surface area (Å²) in [5.41, 5.74) is 1.91. The van der Waals surface area contributed by atoms with Crippen molar-refractivity contribution >= 4 is 28.2 Å². The van der Waals surface area contributed by atoms with Gasteiger partial charge in [-0.15, -0.1) is 0 Å². The van der Waals surface area contributed by atoms with E-state index in [1.54, 1.807) is 4.52 Å². The fourth-order valence-corrected chi connectivity index (χ4v) is 1.38. The van der Waals surface area contributed by atoms with Crippen molar-refractivity contribution in [1.82, 2.24) is 14.6 Å². The van der Waals surface area contributed by atoms with Gasteiger partial charge in [-0.25, -0.2) is 9.50 Å². The number of imidazole rings is 1. The molecule has 4 heteroatoms. The zero-order valence-corrected chi connectivity index (χ0v) is 8.11. The topological polar surface area (TPSA) is 30.2 Å². The molecule has 0 bridgehead atoms. The van der Waals surface area contributed by atoms with Gasteiger partial charge in [-0.3, -0.25) is 0 Å². The lowest BCUT2D eigenvalue weighted by Crippen LogP contribution is -1.88. The molecule has 0 unspecified atom stereocenters. The lowest BCUT2D eigenvalue weighted by atomic mass is 10.6. The minimum Gasteiger partial charge on any atom is -0.232 e. The zero-order chi connectivity index (χ0) is 7.84. The number of nitrogens with zero attached hydrogens (tertiary/aromatic N) is 3. The molecule has 0 saturated carbocycles. The third kappa shape index (κ3) is 1.22. The minimum absolute atomic E-state index is 0.911. The molecule has 0 amide bonds. The molecule has 0 saturated heterocycles. The second-order valence-electron chi connectivity index (χ2n) is 2.36. The highest BCUT2D eigenvalue weighted by Gasteiger charge is 1.97. The van der Waals surface area contributed by atoms with Gasteiger partial charge in [0.15, 0.2) is 5.65 Å². The van der Waals surface area contributed by atoms with Gasteiger partial charge in [0.1, 0.15) is 0 Å². The van der Waals surface area contributed by atoms with Crippen LogP contribution in [0.4, 0.5) is 0 Å². The summed E-state index contributed by atoms with van der Waals surface area (Å²) in [6.45, 7) is 1.96. The van der Waals surface area contributed by atoms with Crippen LogP contribution in [0.1, 0.15) is 5.69 Å². The van der Waals surface area contributed by atoms with Gasteiger partial charge in [0, 0.05) is 3.57 Å². The number of hydrogen-bond donors (Lipinski definition) is 0. The van der Waals surface area contributed by atoms with E-state index in [0.29, 0.717) is 0 Å². The third-order valence-corrected chi connectivity index (χ3v) is 2.00. The molecular weight excluding hydrogens is 253 g/mol. The van der Waals surface area contributed by atoms with Crippen molar-refractivity contribution in [3.05, 3.63) is 27.7 Å². The molecule has 2 heterocycles. The molecule has 56 valence electrons. The Morgan fingerprint density at radius 1 is 1.55 bits per heavy atom. The number of aryl methyl sites for hydroxylation is 1. The van der Waals surface area contributed by atoms with E-state index in [0.717, 1.165) is 14.9 Å². The first-order valence-electron chi connectivity index (χ1n) is 3.23. The maximum atomic E-state index is 4.27. The van der Waals surface area contributed by atoms with Gasteiger partial charge in [0.05, 0.1) is 18.1 Å². The smallest absolute Gasteiger partial charge is 0.154 e. The lowest BCUT2D eigenvalue weighted by Gasteiger charge is -1.90. The second-order valence-corrected chi connectivity index (χ2v) is 3.60. The van der Waals surface area contributed by atoms with Gasteiger partial charge < -0.3 is 0 Å². The Hall–Kier alpha value is -0.650. The van der Waals surface area contributed by atoms with Crippen molar-refractivity contribution in [1.29, 1.82) is 0 Å². The molecule has 0 aliphatic carbocycles. The van der Waals surface area contributed by atoms with E-state index in [1.165, 1.54) is 0 Å². The van der Waals surface area contributed by atoms with Crippen LogP contribution in [0.25, 0.3) is 5.65 Å². The summed E-state index contributed by atoms with van der Waals surface area (Å²) in [6, 6.07) is 2.00. The molecule has 0 radical (unpaired) electrons. The van der Waals surface area contributed by atoms with E-state index in [9.17, 15) is 0 Å². The molecule has 0 N–H and O–H groups in total. The van der Waals surface area contributed by atoms with Gasteiger partial charge in [0.2, 0.25) is 0 Å². The van der Waals surface area contributed by atoms with Crippen LogP contribution in [-0.2, 0) is 0 Å². The maximum Gasteiger partial charge on any atom is 0.154 e. The molecule has 0 spiro atoms. The van der Waals surface area contributed by atoms with Gasteiger partial charge in [-0.05, 0) is 35.6 Å². The Morgan fingerprint density at radius 3 is 3.18 bits per heavy atom. The van der Waals surface area contributed by atoms with Crippen molar-refractivity contribution in [2.45, 2.75) is 6.92 Å². The average Bonchev–Trinajstić information content (AvgIpc) is 2.27. The van der Waals surface area contributed by atoms with E-state index in [2.05, 4.69) is 32.7 Å². The number of aromatic nitrogens is 3. The first-order valence-corrected chi connectivity index (χ1v) is 4.31. The Balaban J connectivity index is 2.82. The van der Waals surface area contributed by atoms with E-state index < -0.39 is 0 Å². The van der Waals surface area contributed by atoms with Crippen molar-refractivity contribution < 1.29 is 0 Å². The van der Waals surface area contributed by atoms with Crippen LogP contribution in [0.3, 0.4) is 0 Å². The summed E-state index contributed by atoms with van der Waals surface area (Å²) < 4.78 is 2.89. The summed E-state index contributed by atoms with van der Waals surface area (Å²) in [6.07, 6.45) is 3.72. The Labute approximate surface area is 77.6 Å². The number of halogens is 1. The number of rotatable bonds is 0. The molecule has 0 atom stereocenters. The number of hydrogen-bond acceptors (Lipinski definition) is 2. The predicted molar refractivity (Wildman–Crippen MR) is 50.4 cm³/mol. The van der Waals surface area contributed by atoms with Crippen molar-refractivity contribution in [3.63, 3.8) is 0 Å². The maximum absolute atomic E-state index is 4.27. The van der Waals surface area contributed by atoms with Gasteiger partial charge >= 0.3 is 0 Å². The minimum atomic E-state index is 0.911. The largest absolute Gasteiger partial charge is 0.232 e. The second kappa shape index (κ2) is 2.44. The SMILES string of the molecule is Cc1cn2ncc(I)cc2n1. The molecule has 0 aliphatic rings. The summed E-state index contributed by atoms with van der Waals surface area (Å²) in [5, 5.41) is 4.15. The Kier molecular flexibility index (Phi) is 1.56.